The summed E-state index contributed by atoms with van der Waals surface area (Å²) in [6.45, 7) is 6.29. The molecule has 1 unspecified atom stereocenters. The van der Waals surface area contributed by atoms with Crippen molar-refractivity contribution in [2.24, 2.45) is 7.05 Å². The first-order valence-electron chi connectivity index (χ1n) is 11.4. The van der Waals surface area contributed by atoms with E-state index < -0.39 is 0 Å². The van der Waals surface area contributed by atoms with E-state index in [0.717, 1.165) is 44.5 Å². The summed E-state index contributed by atoms with van der Waals surface area (Å²) < 4.78 is 8.02. The lowest BCUT2D eigenvalue weighted by Crippen LogP contribution is -2.40. The van der Waals surface area contributed by atoms with E-state index in [1.807, 2.05) is 17.9 Å². The maximum atomic E-state index is 6.13. The van der Waals surface area contributed by atoms with Gasteiger partial charge in [0.2, 0.25) is 0 Å². The smallest absolute Gasteiger partial charge is 0.119 e. The molecule has 0 radical (unpaired) electrons. The second-order valence-corrected chi connectivity index (χ2v) is 8.73. The first-order chi connectivity index (χ1) is 14.3. The topological polar surface area (TPSA) is 33.5 Å². The van der Waals surface area contributed by atoms with Crippen molar-refractivity contribution >= 4 is 0 Å². The molecule has 2 aliphatic heterocycles. The standard InChI is InChI=1S/C24H36N4O/c1-26-19-22(18-25-26)20-27-12-4-5-14-28-13-3-2-8-23(28)11-10-21-7-6-9-24(17-21)29-16-15-27/h6-7,9,17-19,23H,2-5,8,10-16,20H2,1H3. The zero-order valence-corrected chi connectivity index (χ0v) is 17.9. The molecule has 0 amide bonds. The van der Waals surface area contributed by atoms with Crippen molar-refractivity contribution in [3.05, 3.63) is 47.8 Å². The van der Waals surface area contributed by atoms with Crippen LogP contribution in [0.15, 0.2) is 36.7 Å². The van der Waals surface area contributed by atoms with E-state index in [4.69, 9.17) is 4.74 Å². The molecule has 1 aromatic carbocycles. The third kappa shape index (κ3) is 6.06. The van der Waals surface area contributed by atoms with Crippen molar-refractivity contribution in [3.63, 3.8) is 0 Å². The second-order valence-electron chi connectivity index (χ2n) is 8.73. The van der Waals surface area contributed by atoms with E-state index in [1.165, 1.54) is 62.7 Å². The van der Waals surface area contributed by atoms with Crippen LogP contribution in [0.25, 0.3) is 0 Å². The Morgan fingerprint density at radius 3 is 2.76 bits per heavy atom. The number of piperidine rings is 1. The summed E-state index contributed by atoms with van der Waals surface area (Å²) in [5, 5.41) is 4.33. The van der Waals surface area contributed by atoms with Gasteiger partial charge in [0.1, 0.15) is 12.4 Å². The number of rotatable bonds is 2. The van der Waals surface area contributed by atoms with E-state index in [9.17, 15) is 0 Å². The number of nitrogens with zero attached hydrogens (tertiary/aromatic N) is 4. The van der Waals surface area contributed by atoms with Gasteiger partial charge in [-0.25, -0.2) is 0 Å². The Hall–Kier alpha value is -1.85. The van der Waals surface area contributed by atoms with Crippen molar-refractivity contribution in [1.82, 2.24) is 19.6 Å². The quantitative estimate of drug-likeness (QED) is 0.771. The molecule has 0 aliphatic carbocycles. The molecule has 5 nitrogen and oxygen atoms in total. The fourth-order valence-electron chi connectivity index (χ4n) is 4.83. The van der Waals surface area contributed by atoms with E-state index in [1.54, 1.807) is 0 Å². The Morgan fingerprint density at radius 1 is 1.03 bits per heavy atom. The molecule has 1 fully saturated rings. The average Bonchev–Trinajstić information content (AvgIpc) is 3.14. The summed E-state index contributed by atoms with van der Waals surface area (Å²) >= 11 is 0. The number of hydrogen-bond donors (Lipinski definition) is 0. The van der Waals surface area contributed by atoms with Crippen LogP contribution in [0.1, 0.15) is 49.7 Å². The maximum Gasteiger partial charge on any atom is 0.119 e. The van der Waals surface area contributed by atoms with Crippen molar-refractivity contribution in [1.29, 1.82) is 0 Å². The minimum Gasteiger partial charge on any atom is -0.492 e. The summed E-state index contributed by atoms with van der Waals surface area (Å²) in [6, 6.07) is 9.50. The third-order valence-corrected chi connectivity index (χ3v) is 6.42. The van der Waals surface area contributed by atoms with Gasteiger partial charge in [0, 0.05) is 37.9 Å². The molecule has 2 bridgehead atoms. The van der Waals surface area contributed by atoms with E-state index in [-0.39, 0.29) is 0 Å². The number of benzene rings is 1. The second kappa shape index (κ2) is 10.3. The Labute approximate surface area is 175 Å². The van der Waals surface area contributed by atoms with E-state index in [2.05, 4.69) is 45.4 Å². The van der Waals surface area contributed by atoms with Gasteiger partial charge < -0.3 is 9.64 Å². The molecule has 0 saturated carbocycles. The molecular formula is C24H36N4O. The average molecular weight is 397 g/mol. The highest BCUT2D eigenvalue weighted by molar-refractivity contribution is 5.28. The Bertz CT molecular complexity index is 759. The van der Waals surface area contributed by atoms with Gasteiger partial charge in [-0.2, -0.15) is 5.10 Å². The number of aromatic nitrogens is 2. The summed E-state index contributed by atoms with van der Waals surface area (Å²) in [5.74, 6) is 1.01. The number of hydrogen-bond acceptors (Lipinski definition) is 4. The van der Waals surface area contributed by atoms with Gasteiger partial charge >= 0.3 is 0 Å². The molecule has 2 aliphatic rings. The zero-order valence-electron chi connectivity index (χ0n) is 17.9. The summed E-state index contributed by atoms with van der Waals surface area (Å²) in [6.07, 6.45) is 13.2. The molecule has 1 aromatic heterocycles. The largest absolute Gasteiger partial charge is 0.492 e. The minimum absolute atomic E-state index is 0.735. The van der Waals surface area contributed by atoms with Crippen LogP contribution in [-0.2, 0) is 20.0 Å². The van der Waals surface area contributed by atoms with Crippen molar-refractivity contribution in [2.45, 2.75) is 57.5 Å². The van der Waals surface area contributed by atoms with Crippen LogP contribution >= 0.6 is 0 Å². The minimum atomic E-state index is 0.735. The molecule has 5 heteroatoms. The Balaban J connectivity index is 1.44. The lowest BCUT2D eigenvalue weighted by molar-refractivity contribution is 0.134. The van der Waals surface area contributed by atoms with E-state index >= 15 is 0 Å². The number of aryl methyl sites for hydroxylation is 2. The van der Waals surface area contributed by atoms with Crippen LogP contribution in [0.4, 0.5) is 0 Å². The van der Waals surface area contributed by atoms with Gasteiger partial charge in [-0.3, -0.25) is 9.58 Å². The van der Waals surface area contributed by atoms with Crippen molar-refractivity contribution < 1.29 is 4.74 Å². The van der Waals surface area contributed by atoms with Gasteiger partial charge in [0.15, 0.2) is 0 Å². The summed E-state index contributed by atoms with van der Waals surface area (Å²) in [7, 11) is 1.99. The molecule has 3 heterocycles. The first-order valence-corrected chi connectivity index (χ1v) is 11.4. The highest BCUT2D eigenvalue weighted by atomic mass is 16.5. The van der Waals surface area contributed by atoms with Crippen LogP contribution in [0.5, 0.6) is 5.75 Å². The summed E-state index contributed by atoms with van der Waals surface area (Å²) in [5.41, 5.74) is 2.69. The molecule has 158 valence electrons. The van der Waals surface area contributed by atoms with Gasteiger partial charge in [0.05, 0.1) is 6.20 Å². The van der Waals surface area contributed by atoms with Crippen LogP contribution < -0.4 is 4.74 Å². The Morgan fingerprint density at radius 2 is 1.90 bits per heavy atom. The van der Waals surface area contributed by atoms with Crippen molar-refractivity contribution in [2.75, 3.05) is 32.8 Å². The maximum absolute atomic E-state index is 6.13. The van der Waals surface area contributed by atoms with Gasteiger partial charge in [-0.1, -0.05) is 18.6 Å². The van der Waals surface area contributed by atoms with Crippen LogP contribution in [0, 0.1) is 0 Å². The lowest BCUT2D eigenvalue weighted by Gasteiger charge is -2.36. The van der Waals surface area contributed by atoms with E-state index in [0.29, 0.717) is 0 Å². The van der Waals surface area contributed by atoms with Gasteiger partial charge in [-0.05, 0) is 75.9 Å². The molecule has 29 heavy (non-hydrogen) atoms. The molecule has 0 N–H and O–H groups in total. The Kier molecular flexibility index (Phi) is 7.23. The van der Waals surface area contributed by atoms with Gasteiger partial charge in [0.25, 0.3) is 0 Å². The first kappa shape index (κ1) is 20.4. The van der Waals surface area contributed by atoms with Crippen LogP contribution in [0.3, 0.4) is 0 Å². The predicted molar refractivity (Wildman–Crippen MR) is 117 cm³/mol. The fourth-order valence-corrected chi connectivity index (χ4v) is 4.83. The monoisotopic (exact) mass is 396 g/mol. The van der Waals surface area contributed by atoms with Gasteiger partial charge in [-0.15, -0.1) is 0 Å². The normalized spacial score (nSPS) is 22.9. The predicted octanol–water partition coefficient (Wildman–Crippen LogP) is 3.88. The van der Waals surface area contributed by atoms with Crippen molar-refractivity contribution in [3.8, 4) is 5.75 Å². The highest BCUT2D eigenvalue weighted by Gasteiger charge is 2.22. The number of fused-ring (bicyclic) bond motifs is 3. The number of ether oxygens (including phenoxy) is 1. The SMILES string of the molecule is Cn1cc(CN2CCCCN3CCCCC3CCc3cccc(c3)OCC2)cn1. The highest BCUT2D eigenvalue weighted by Crippen LogP contribution is 2.23. The molecule has 2 aromatic rings. The fraction of sp³-hybridized carbons (Fsp3) is 0.625. The molecule has 1 atom stereocenters. The van der Waals surface area contributed by atoms with Crippen LogP contribution in [0.2, 0.25) is 0 Å². The molecular weight excluding hydrogens is 360 g/mol. The lowest BCUT2D eigenvalue weighted by atomic mass is 9.95. The third-order valence-electron chi connectivity index (χ3n) is 6.42. The zero-order chi connectivity index (χ0) is 19.9. The molecule has 4 rings (SSSR count). The molecule has 1 saturated heterocycles. The summed E-state index contributed by atoms with van der Waals surface area (Å²) in [4.78, 5) is 5.29. The molecule has 0 spiro atoms. The van der Waals surface area contributed by atoms with Crippen LogP contribution in [-0.4, -0.2) is 58.4 Å².